The smallest absolute Gasteiger partial charge is 0.426 e. The van der Waals surface area contributed by atoms with Crippen molar-refractivity contribution >= 4 is 16.9 Å². The van der Waals surface area contributed by atoms with Crippen molar-refractivity contribution in [2.75, 3.05) is 6.61 Å². The predicted molar refractivity (Wildman–Crippen MR) is 88.8 cm³/mol. The molecule has 0 bridgehead atoms. The summed E-state index contributed by atoms with van der Waals surface area (Å²) in [6, 6.07) is 11.1. The van der Waals surface area contributed by atoms with Gasteiger partial charge in [0.2, 0.25) is 0 Å². The van der Waals surface area contributed by atoms with Crippen LogP contribution in [0.1, 0.15) is 22.8 Å². The van der Waals surface area contributed by atoms with E-state index in [0.29, 0.717) is 16.6 Å². The second-order valence-electron chi connectivity index (χ2n) is 5.28. The molecule has 2 aromatic carbocycles. The summed E-state index contributed by atoms with van der Waals surface area (Å²) in [6.45, 7) is 3.83. The first kappa shape index (κ1) is 15.7. The zero-order valence-electron chi connectivity index (χ0n) is 13.2. The van der Waals surface area contributed by atoms with Gasteiger partial charge < -0.3 is 9.15 Å². The molecule has 0 N–H and O–H groups in total. The van der Waals surface area contributed by atoms with Crippen molar-refractivity contribution in [2.45, 2.75) is 13.8 Å². The van der Waals surface area contributed by atoms with E-state index >= 15 is 0 Å². The van der Waals surface area contributed by atoms with Crippen LogP contribution in [-0.4, -0.2) is 17.1 Å². The van der Waals surface area contributed by atoms with Gasteiger partial charge >= 0.3 is 11.7 Å². The summed E-state index contributed by atoms with van der Waals surface area (Å²) in [5.74, 6) is -1.24. The molecule has 0 spiro atoms. The Kier molecular flexibility index (Phi) is 4.04. The van der Waals surface area contributed by atoms with Gasteiger partial charge in [-0.25, -0.2) is 14.2 Å². The number of aryl methyl sites for hydroxylation is 1. The molecule has 6 nitrogen and oxygen atoms in total. The van der Waals surface area contributed by atoms with Crippen LogP contribution in [0, 0.1) is 6.92 Å². The molecule has 1 heterocycles. The molecule has 24 heavy (non-hydrogen) atoms. The Hall–Kier alpha value is -3.15. The van der Waals surface area contributed by atoms with E-state index in [-0.39, 0.29) is 12.2 Å². The molecule has 6 heteroatoms. The summed E-state index contributed by atoms with van der Waals surface area (Å²) in [6.07, 6.45) is 0. The number of rotatable bonds is 3. The van der Waals surface area contributed by atoms with Gasteiger partial charge in [0.1, 0.15) is 5.58 Å². The molecule has 0 aliphatic heterocycles. The van der Waals surface area contributed by atoms with Gasteiger partial charge in [0.15, 0.2) is 0 Å². The van der Waals surface area contributed by atoms with Crippen LogP contribution in [-0.2, 0) is 4.74 Å². The number of esters is 1. The minimum Gasteiger partial charge on any atom is -0.462 e. The molecule has 0 aliphatic rings. The van der Waals surface area contributed by atoms with Gasteiger partial charge in [-0.05, 0) is 55.8 Å². The Balaban J connectivity index is 2.13. The Bertz CT molecular complexity index is 1030. The van der Waals surface area contributed by atoms with E-state index in [2.05, 4.69) is 0 Å². The van der Waals surface area contributed by atoms with Crippen LogP contribution in [0.15, 0.2) is 56.5 Å². The lowest BCUT2D eigenvalue weighted by Gasteiger charge is -2.07. The number of hydrogen-bond acceptors (Lipinski definition) is 5. The number of aromatic nitrogens is 1. The fourth-order valence-corrected chi connectivity index (χ4v) is 2.42. The van der Waals surface area contributed by atoms with Crippen molar-refractivity contribution in [1.82, 2.24) is 4.57 Å². The summed E-state index contributed by atoms with van der Waals surface area (Å²) in [5, 5.41) is 0.315. The highest BCUT2D eigenvalue weighted by molar-refractivity contribution is 5.89. The minimum atomic E-state index is -0.776. The van der Waals surface area contributed by atoms with E-state index in [0.717, 1.165) is 10.1 Å². The van der Waals surface area contributed by atoms with Crippen molar-refractivity contribution in [1.29, 1.82) is 0 Å². The van der Waals surface area contributed by atoms with Crippen molar-refractivity contribution in [2.24, 2.45) is 0 Å². The fraction of sp³-hybridized carbons (Fsp3) is 0.167. The molecule has 0 atom stereocenters. The summed E-state index contributed by atoms with van der Waals surface area (Å²) in [7, 11) is 0. The largest absolute Gasteiger partial charge is 0.462 e. The number of fused-ring (bicyclic) bond motifs is 1. The Morgan fingerprint density at radius 1 is 1.12 bits per heavy atom. The number of nitrogens with zero attached hydrogens (tertiary/aromatic N) is 1. The van der Waals surface area contributed by atoms with Crippen molar-refractivity contribution in [3.8, 4) is 5.69 Å². The standard InChI is InChI=1S/C18H15NO5/c1-3-23-17(21)12-5-7-13(8-6-12)19-16(20)14-9-4-11(2)10-15(14)24-18(19)22/h4-10H,3H2,1-2H3. The van der Waals surface area contributed by atoms with Gasteiger partial charge in [-0.3, -0.25) is 4.79 Å². The normalized spacial score (nSPS) is 10.8. The van der Waals surface area contributed by atoms with Crippen LogP contribution < -0.4 is 11.3 Å². The van der Waals surface area contributed by atoms with E-state index in [1.807, 2.05) is 6.92 Å². The predicted octanol–water partition coefficient (Wildman–Crippen LogP) is 2.43. The van der Waals surface area contributed by atoms with Gasteiger partial charge in [-0.15, -0.1) is 0 Å². The molecule has 0 unspecified atom stereocenters. The van der Waals surface area contributed by atoms with Gasteiger partial charge in [0, 0.05) is 0 Å². The second kappa shape index (κ2) is 6.16. The van der Waals surface area contributed by atoms with Gasteiger partial charge in [0.05, 0.1) is 23.2 Å². The SMILES string of the molecule is CCOC(=O)c1ccc(-n2c(=O)oc3cc(C)ccc3c2=O)cc1. The monoisotopic (exact) mass is 325 g/mol. The Labute approximate surface area is 136 Å². The molecule has 0 amide bonds. The fourth-order valence-electron chi connectivity index (χ4n) is 2.42. The first-order valence-corrected chi connectivity index (χ1v) is 7.45. The molecule has 0 aliphatic carbocycles. The van der Waals surface area contributed by atoms with Crippen LogP contribution in [0.25, 0.3) is 16.7 Å². The molecule has 0 radical (unpaired) electrons. The number of benzene rings is 2. The van der Waals surface area contributed by atoms with E-state index < -0.39 is 17.3 Å². The third-order valence-corrected chi connectivity index (χ3v) is 3.59. The van der Waals surface area contributed by atoms with Crippen LogP contribution in [0.5, 0.6) is 0 Å². The molecular weight excluding hydrogens is 310 g/mol. The summed E-state index contributed by atoms with van der Waals surface area (Å²) < 4.78 is 11.1. The second-order valence-corrected chi connectivity index (χ2v) is 5.28. The molecule has 0 saturated heterocycles. The highest BCUT2D eigenvalue weighted by Gasteiger charge is 2.13. The van der Waals surface area contributed by atoms with Gasteiger partial charge in [-0.2, -0.15) is 0 Å². The van der Waals surface area contributed by atoms with Crippen molar-refractivity contribution in [3.05, 3.63) is 74.5 Å². The average Bonchev–Trinajstić information content (AvgIpc) is 2.55. The summed E-state index contributed by atoms with van der Waals surface area (Å²) in [5.41, 5.74) is 1.34. The molecule has 3 aromatic rings. The zero-order valence-corrected chi connectivity index (χ0v) is 13.2. The van der Waals surface area contributed by atoms with Crippen molar-refractivity contribution < 1.29 is 13.9 Å². The first-order chi connectivity index (χ1) is 11.5. The lowest BCUT2D eigenvalue weighted by atomic mass is 10.2. The highest BCUT2D eigenvalue weighted by atomic mass is 16.5. The average molecular weight is 325 g/mol. The van der Waals surface area contributed by atoms with E-state index in [9.17, 15) is 14.4 Å². The molecule has 0 saturated carbocycles. The summed E-state index contributed by atoms with van der Waals surface area (Å²) >= 11 is 0. The molecule has 1 aromatic heterocycles. The maximum absolute atomic E-state index is 12.6. The van der Waals surface area contributed by atoms with E-state index in [1.165, 1.54) is 24.3 Å². The third-order valence-electron chi connectivity index (χ3n) is 3.59. The van der Waals surface area contributed by atoms with Gasteiger partial charge in [-0.1, -0.05) is 6.07 Å². The number of ether oxygens (including phenoxy) is 1. The zero-order chi connectivity index (χ0) is 17.3. The molecular formula is C18H15NO5. The highest BCUT2D eigenvalue weighted by Crippen LogP contribution is 2.13. The summed E-state index contributed by atoms with van der Waals surface area (Å²) in [4.78, 5) is 36.4. The quantitative estimate of drug-likeness (QED) is 0.691. The minimum absolute atomic E-state index is 0.254. The van der Waals surface area contributed by atoms with Crippen LogP contribution in [0.4, 0.5) is 0 Å². The number of carbonyl (C=O) groups is 1. The number of hydrogen-bond donors (Lipinski definition) is 0. The number of carbonyl (C=O) groups excluding carboxylic acids is 1. The third kappa shape index (κ3) is 2.74. The topological polar surface area (TPSA) is 78.5 Å². The van der Waals surface area contributed by atoms with Gasteiger partial charge in [0.25, 0.3) is 5.56 Å². The molecule has 0 fully saturated rings. The molecule has 3 rings (SSSR count). The first-order valence-electron chi connectivity index (χ1n) is 7.45. The Morgan fingerprint density at radius 3 is 2.50 bits per heavy atom. The Morgan fingerprint density at radius 2 is 1.83 bits per heavy atom. The molecule has 122 valence electrons. The van der Waals surface area contributed by atoms with Crippen molar-refractivity contribution in [3.63, 3.8) is 0 Å². The van der Waals surface area contributed by atoms with E-state index in [4.69, 9.17) is 9.15 Å². The van der Waals surface area contributed by atoms with Crippen LogP contribution in [0.2, 0.25) is 0 Å². The lowest BCUT2D eigenvalue weighted by molar-refractivity contribution is 0.0526. The van der Waals surface area contributed by atoms with Crippen LogP contribution in [0.3, 0.4) is 0 Å². The van der Waals surface area contributed by atoms with Crippen LogP contribution >= 0.6 is 0 Å². The lowest BCUT2D eigenvalue weighted by Crippen LogP contribution is -2.30. The maximum Gasteiger partial charge on any atom is 0.426 e. The maximum atomic E-state index is 12.6. The van der Waals surface area contributed by atoms with E-state index in [1.54, 1.807) is 25.1 Å².